The van der Waals surface area contributed by atoms with Crippen LogP contribution in [-0.4, -0.2) is 29.1 Å². The van der Waals surface area contributed by atoms with E-state index in [0.29, 0.717) is 10.7 Å². The van der Waals surface area contributed by atoms with Crippen LogP contribution in [0.4, 0.5) is 5.69 Å². The van der Waals surface area contributed by atoms with Gasteiger partial charge in [-0.15, -0.1) is 0 Å². The lowest BCUT2D eigenvalue weighted by molar-refractivity contribution is -0.137. The van der Waals surface area contributed by atoms with Gasteiger partial charge in [-0.3, -0.25) is 9.59 Å². The molecule has 5 nitrogen and oxygen atoms in total. The van der Waals surface area contributed by atoms with Gasteiger partial charge >= 0.3 is 11.8 Å². The molecule has 22 heavy (non-hydrogen) atoms. The molecule has 0 aliphatic rings. The first-order chi connectivity index (χ1) is 10.2. The fourth-order valence-electron chi connectivity index (χ4n) is 1.90. The van der Waals surface area contributed by atoms with Crippen molar-refractivity contribution in [3.05, 3.63) is 28.8 Å². The molecule has 0 aliphatic carbocycles. The maximum Gasteiger partial charge on any atom is 0.313 e. The van der Waals surface area contributed by atoms with Crippen LogP contribution in [0, 0.1) is 12.8 Å². The maximum atomic E-state index is 11.9. The van der Waals surface area contributed by atoms with Gasteiger partial charge in [-0.1, -0.05) is 31.9 Å². The number of anilines is 1. The van der Waals surface area contributed by atoms with Crippen molar-refractivity contribution < 1.29 is 14.7 Å². The normalized spacial score (nSPS) is 14.8. The van der Waals surface area contributed by atoms with E-state index >= 15 is 0 Å². The van der Waals surface area contributed by atoms with Gasteiger partial charge in [0.1, 0.15) is 0 Å². The lowest BCUT2D eigenvalue weighted by Gasteiger charge is -2.29. The Labute approximate surface area is 136 Å². The predicted octanol–water partition coefficient (Wildman–Crippen LogP) is 2.50. The number of aryl methyl sites for hydroxylation is 1. The van der Waals surface area contributed by atoms with Crippen LogP contribution in [0.5, 0.6) is 0 Å². The fourth-order valence-corrected chi connectivity index (χ4v) is 2.13. The summed E-state index contributed by atoms with van der Waals surface area (Å²) in [7, 11) is 0. The molecule has 3 N–H and O–H groups in total. The lowest BCUT2D eigenvalue weighted by atomic mass is 9.89. The van der Waals surface area contributed by atoms with Crippen LogP contribution in [0.1, 0.15) is 32.8 Å². The monoisotopic (exact) mass is 326 g/mol. The highest BCUT2D eigenvalue weighted by Gasteiger charge is 2.28. The van der Waals surface area contributed by atoms with Crippen molar-refractivity contribution in [2.75, 3.05) is 11.9 Å². The third-order valence-electron chi connectivity index (χ3n) is 3.92. The van der Waals surface area contributed by atoms with Crippen LogP contribution in [0.2, 0.25) is 5.02 Å². The summed E-state index contributed by atoms with van der Waals surface area (Å²) in [5.74, 6) is -1.54. The Morgan fingerprint density at radius 1 is 1.36 bits per heavy atom. The molecule has 2 amide bonds. The molecule has 0 saturated heterocycles. The molecule has 1 aromatic rings. The molecule has 1 rings (SSSR count). The smallest absolute Gasteiger partial charge is 0.313 e. The van der Waals surface area contributed by atoms with Gasteiger partial charge in [0.05, 0.1) is 5.60 Å². The molecule has 122 valence electrons. The molecule has 0 aliphatic heterocycles. The van der Waals surface area contributed by atoms with Crippen LogP contribution in [0.3, 0.4) is 0 Å². The van der Waals surface area contributed by atoms with Crippen LogP contribution in [0.25, 0.3) is 0 Å². The average Bonchev–Trinajstić information content (AvgIpc) is 2.46. The van der Waals surface area contributed by atoms with Gasteiger partial charge in [-0.25, -0.2) is 0 Å². The van der Waals surface area contributed by atoms with Gasteiger partial charge in [0.2, 0.25) is 0 Å². The lowest BCUT2D eigenvalue weighted by Crippen LogP contribution is -2.47. The number of amides is 2. The number of aliphatic hydroxyl groups is 1. The molecule has 0 radical (unpaired) electrons. The van der Waals surface area contributed by atoms with Gasteiger partial charge in [-0.2, -0.15) is 0 Å². The van der Waals surface area contributed by atoms with Crippen molar-refractivity contribution in [3.8, 4) is 0 Å². The Morgan fingerprint density at radius 3 is 2.55 bits per heavy atom. The first-order valence-corrected chi connectivity index (χ1v) is 7.63. The molecule has 0 bridgehead atoms. The van der Waals surface area contributed by atoms with Gasteiger partial charge in [0.25, 0.3) is 0 Å². The number of halogens is 1. The Balaban J connectivity index is 2.61. The van der Waals surface area contributed by atoms with Gasteiger partial charge in [0, 0.05) is 17.3 Å². The van der Waals surface area contributed by atoms with Crippen molar-refractivity contribution in [2.45, 2.75) is 39.7 Å². The number of benzene rings is 1. The molecule has 0 unspecified atom stereocenters. The summed E-state index contributed by atoms with van der Waals surface area (Å²) < 4.78 is 0. The topological polar surface area (TPSA) is 78.4 Å². The SMILES string of the molecule is CC[C@H](C)[C@](C)(O)CNC(=O)C(=O)Nc1ccc(Cl)cc1C. The summed E-state index contributed by atoms with van der Waals surface area (Å²) in [6.07, 6.45) is 0.777. The van der Waals surface area contributed by atoms with E-state index in [9.17, 15) is 14.7 Å². The molecule has 0 aromatic heterocycles. The molecule has 0 fully saturated rings. The molecular weight excluding hydrogens is 304 g/mol. The van der Waals surface area contributed by atoms with Gasteiger partial charge in [-0.05, 0) is 43.5 Å². The zero-order chi connectivity index (χ0) is 16.9. The minimum Gasteiger partial charge on any atom is -0.388 e. The average molecular weight is 327 g/mol. The second-order valence-corrected chi connectivity index (χ2v) is 6.20. The molecule has 0 spiro atoms. The summed E-state index contributed by atoms with van der Waals surface area (Å²) in [5, 5.41) is 15.8. The number of hydrogen-bond acceptors (Lipinski definition) is 3. The summed E-state index contributed by atoms with van der Waals surface area (Å²) in [6, 6.07) is 4.97. The van der Waals surface area contributed by atoms with Crippen molar-refractivity contribution in [1.82, 2.24) is 5.32 Å². The number of carbonyl (C=O) groups is 2. The summed E-state index contributed by atoms with van der Waals surface area (Å²) >= 11 is 5.84. The zero-order valence-corrected chi connectivity index (χ0v) is 14.1. The van der Waals surface area contributed by atoms with Crippen molar-refractivity contribution in [1.29, 1.82) is 0 Å². The Kier molecular flexibility index (Phi) is 6.38. The minimum atomic E-state index is -1.05. The van der Waals surface area contributed by atoms with Crippen LogP contribution in [0.15, 0.2) is 18.2 Å². The third-order valence-corrected chi connectivity index (χ3v) is 4.16. The maximum absolute atomic E-state index is 11.9. The molecular formula is C16H23ClN2O3. The van der Waals surface area contributed by atoms with Crippen molar-refractivity contribution in [2.24, 2.45) is 5.92 Å². The minimum absolute atomic E-state index is 0.00868. The van der Waals surface area contributed by atoms with E-state index in [2.05, 4.69) is 10.6 Å². The second-order valence-electron chi connectivity index (χ2n) is 5.76. The van der Waals surface area contributed by atoms with Crippen LogP contribution in [-0.2, 0) is 9.59 Å². The Hall–Kier alpha value is -1.59. The number of carbonyl (C=O) groups excluding carboxylic acids is 2. The number of rotatable bonds is 5. The van der Waals surface area contributed by atoms with Crippen molar-refractivity contribution in [3.63, 3.8) is 0 Å². The van der Waals surface area contributed by atoms with Crippen LogP contribution < -0.4 is 10.6 Å². The first kappa shape index (κ1) is 18.5. The number of nitrogens with one attached hydrogen (secondary N) is 2. The number of hydrogen-bond donors (Lipinski definition) is 3. The van der Waals surface area contributed by atoms with E-state index in [1.165, 1.54) is 0 Å². The first-order valence-electron chi connectivity index (χ1n) is 7.25. The molecule has 6 heteroatoms. The molecule has 2 atom stereocenters. The fraction of sp³-hybridized carbons (Fsp3) is 0.500. The summed E-state index contributed by atoms with van der Waals surface area (Å²) in [4.78, 5) is 23.7. The zero-order valence-electron chi connectivity index (χ0n) is 13.4. The van der Waals surface area contributed by atoms with E-state index in [0.717, 1.165) is 12.0 Å². The highest BCUT2D eigenvalue weighted by atomic mass is 35.5. The largest absolute Gasteiger partial charge is 0.388 e. The van der Waals surface area contributed by atoms with Gasteiger partial charge in [0.15, 0.2) is 0 Å². The molecule has 0 heterocycles. The highest BCUT2D eigenvalue weighted by molar-refractivity contribution is 6.39. The standard InChI is InChI=1S/C16H23ClN2O3/c1-5-11(3)16(4,22)9-18-14(20)15(21)19-13-7-6-12(17)8-10(13)2/h6-8,11,22H,5,9H2,1-4H3,(H,18,20)(H,19,21)/t11-,16+/m0/s1. The quantitative estimate of drug-likeness (QED) is 0.727. The Bertz CT molecular complexity index is 558. The summed E-state index contributed by atoms with van der Waals surface area (Å²) in [5.41, 5.74) is 0.236. The molecule has 1 aromatic carbocycles. The Morgan fingerprint density at radius 2 is 2.00 bits per heavy atom. The van der Waals surface area contributed by atoms with E-state index in [4.69, 9.17) is 11.6 Å². The molecule has 0 saturated carbocycles. The second kappa shape index (κ2) is 7.61. The van der Waals surface area contributed by atoms with E-state index in [1.807, 2.05) is 13.8 Å². The highest BCUT2D eigenvalue weighted by Crippen LogP contribution is 2.20. The van der Waals surface area contributed by atoms with E-state index in [-0.39, 0.29) is 12.5 Å². The third kappa shape index (κ3) is 5.00. The summed E-state index contributed by atoms with van der Waals surface area (Å²) in [6.45, 7) is 7.30. The van der Waals surface area contributed by atoms with Crippen molar-refractivity contribution >= 4 is 29.1 Å². The van der Waals surface area contributed by atoms with E-state index in [1.54, 1.807) is 32.0 Å². The van der Waals surface area contributed by atoms with E-state index < -0.39 is 17.4 Å². The predicted molar refractivity (Wildman–Crippen MR) is 87.9 cm³/mol. The van der Waals surface area contributed by atoms with Gasteiger partial charge < -0.3 is 15.7 Å². The van der Waals surface area contributed by atoms with Crippen LogP contribution >= 0.6 is 11.6 Å².